The van der Waals surface area contributed by atoms with Crippen LogP contribution >= 0.6 is 0 Å². The Hall–Kier alpha value is -0.830. The summed E-state index contributed by atoms with van der Waals surface area (Å²) in [5.74, 6) is 1.39. The molecule has 0 atom stereocenters. The van der Waals surface area contributed by atoms with E-state index >= 15 is 0 Å². The van der Waals surface area contributed by atoms with Crippen LogP contribution in [-0.4, -0.2) is 18.3 Å². The number of nitrogens with zero attached hydrogens (tertiary/aromatic N) is 2. The molecule has 80 valence electrons. The van der Waals surface area contributed by atoms with Crippen LogP contribution in [0.1, 0.15) is 26.1 Å². The maximum atomic E-state index is 5.08. The lowest BCUT2D eigenvalue weighted by molar-refractivity contribution is -0.703. The van der Waals surface area contributed by atoms with Crippen molar-refractivity contribution in [3.8, 4) is 0 Å². The Balaban J connectivity index is 2.73. The van der Waals surface area contributed by atoms with Gasteiger partial charge in [0.25, 0.3) is 5.82 Å². The van der Waals surface area contributed by atoms with E-state index in [-0.39, 0.29) is 0 Å². The number of methoxy groups -OCH3 is 1. The number of hydrogen-bond acceptors (Lipinski definition) is 1. The van der Waals surface area contributed by atoms with Crippen LogP contribution in [-0.2, 0) is 24.2 Å². The Kier molecular flexibility index (Phi) is 4.66. The van der Waals surface area contributed by atoms with Crippen molar-refractivity contribution in [2.45, 2.75) is 39.8 Å². The van der Waals surface area contributed by atoms with Crippen molar-refractivity contribution in [3.05, 3.63) is 18.2 Å². The summed E-state index contributed by atoms with van der Waals surface area (Å²) in [6, 6.07) is 0. The molecule has 0 aliphatic carbocycles. The van der Waals surface area contributed by atoms with E-state index in [0.717, 1.165) is 26.1 Å². The highest BCUT2D eigenvalue weighted by Gasteiger charge is 2.13. The van der Waals surface area contributed by atoms with Gasteiger partial charge in [-0.1, -0.05) is 13.8 Å². The molecule has 1 rings (SSSR count). The first-order chi connectivity index (χ1) is 6.83. The van der Waals surface area contributed by atoms with E-state index in [2.05, 4.69) is 35.4 Å². The molecule has 14 heavy (non-hydrogen) atoms. The number of imidazole rings is 1. The van der Waals surface area contributed by atoms with Gasteiger partial charge in [-0.3, -0.25) is 0 Å². The van der Waals surface area contributed by atoms with Crippen molar-refractivity contribution in [3.63, 3.8) is 0 Å². The van der Waals surface area contributed by atoms with E-state index in [1.54, 1.807) is 7.11 Å². The number of rotatable bonds is 6. The van der Waals surface area contributed by atoms with Crippen LogP contribution in [0.25, 0.3) is 0 Å². The normalized spacial score (nSPS) is 10.8. The second kappa shape index (κ2) is 5.81. The first kappa shape index (κ1) is 11.2. The van der Waals surface area contributed by atoms with Gasteiger partial charge in [-0.2, -0.15) is 0 Å². The van der Waals surface area contributed by atoms with Crippen LogP contribution in [0.5, 0.6) is 0 Å². The molecule has 0 amide bonds. The van der Waals surface area contributed by atoms with Gasteiger partial charge in [-0.15, -0.1) is 0 Å². The first-order valence-corrected chi connectivity index (χ1v) is 5.39. The molecule has 3 nitrogen and oxygen atoms in total. The van der Waals surface area contributed by atoms with Crippen LogP contribution < -0.4 is 4.57 Å². The second-order valence-corrected chi connectivity index (χ2v) is 3.45. The lowest BCUT2D eigenvalue weighted by Crippen LogP contribution is -2.36. The Morgan fingerprint density at radius 1 is 1.43 bits per heavy atom. The summed E-state index contributed by atoms with van der Waals surface area (Å²) in [5.41, 5.74) is 0. The smallest absolute Gasteiger partial charge is 0.256 e. The zero-order chi connectivity index (χ0) is 10.4. The highest BCUT2D eigenvalue weighted by atomic mass is 16.5. The Morgan fingerprint density at radius 3 is 2.79 bits per heavy atom. The molecular weight excluding hydrogens is 176 g/mol. The molecule has 0 aliphatic heterocycles. The molecule has 0 aromatic carbocycles. The Bertz CT molecular complexity index is 268. The monoisotopic (exact) mass is 197 g/mol. The molecule has 1 aromatic rings. The summed E-state index contributed by atoms with van der Waals surface area (Å²) >= 11 is 0. The molecule has 0 saturated carbocycles. The third-order valence-corrected chi connectivity index (χ3v) is 2.41. The summed E-state index contributed by atoms with van der Waals surface area (Å²) in [4.78, 5) is 0. The van der Waals surface area contributed by atoms with Crippen LogP contribution in [0.4, 0.5) is 0 Å². The molecule has 1 heterocycles. The van der Waals surface area contributed by atoms with E-state index in [1.165, 1.54) is 12.2 Å². The molecule has 0 unspecified atom stereocenters. The van der Waals surface area contributed by atoms with Gasteiger partial charge >= 0.3 is 0 Å². The molecule has 0 radical (unpaired) electrons. The molecule has 0 spiro atoms. The fraction of sp³-hybridized carbons (Fsp3) is 0.727. The molecule has 1 aromatic heterocycles. The number of aromatic nitrogens is 2. The van der Waals surface area contributed by atoms with Gasteiger partial charge in [0, 0.05) is 13.5 Å². The van der Waals surface area contributed by atoms with Crippen molar-refractivity contribution >= 4 is 0 Å². The SMILES string of the molecule is CCC[n+]1ccn(CCOC)c1CC. The zero-order valence-corrected chi connectivity index (χ0v) is 9.49. The standard InChI is InChI=1S/C11H21N2O/c1-4-6-12-7-8-13(9-10-14-3)11(12)5-2/h7-8H,4-6,9-10H2,1-3H3/q+1. The number of ether oxygens (including phenoxy) is 1. The first-order valence-electron chi connectivity index (χ1n) is 5.39. The van der Waals surface area contributed by atoms with Crippen LogP contribution in [0.3, 0.4) is 0 Å². The predicted molar refractivity (Wildman–Crippen MR) is 56.2 cm³/mol. The topological polar surface area (TPSA) is 18.0 Å². The number of hydrogen-bond donors (Lipinski definition) is 0. The summed E-state index contributed by atoms with van der Waals surface area (Å²) < 4.78 is 9.69. The van der Waals surface area contributed by atoms with Gasteiger partial charge in [0.05, 0.1) is 13.2 Å². The minimum Gasteiger partial charge on any atom is -0.381 e. The van der Waals surface area contributed by atoms with Crippen molar-refractivity contribution in [2.75, 3.05) is 13.7 Å². The third kappa shape index (κ3) is 2.58. The zero-order valence-electron chi connectivity index (χ0n) is 9.49. The Morgan fingerprint density at radius 2 is 2.21 bits per heavy atom. The van der Waals surface area contributed by atoms with Gasteiger partial charge in [-0.05, 0) is 6.42 Å². The molecule has 0 aliphatic rings. The molecule has 3 heteroatoms. The lowest BCUT2D eigenvalue weighted by Gasteiger charge is -2.01. The van der Waals surface area contributed by atoms with Gasteiger partial charge in [0.1, 0.15) is 18.9 Å². The molecular formula is C11H21N2O+. The predicted octanol–water partition coefficient (Wildman–Crippen LogP) is 1.39. The van der Waals surface area contributed by atoms with E-state index in [0.29, 0.717) is 0 Å². The number of aryl methyl sites for hydroxylation is 1. The molecule has 0 saturated heterocycles. The maximum Gasteiger partial charge on any atom is 0.256 e. The van der Waals surface area contributed by atoms with Crippen molar-refractivity contribution in [1.29, 1.82) is 0 Å². The molecule has 0 fully saturated rings. The minimum absolute atomic E-state index is 0.786. The Labute approximate surface area is 86.3 Å². The lowest BCUT2D eigenvalue weighted by atomic mass is 10.4. The summed E-state index contributed by atoms with van der Waals surface area (Å²) in [6.07, 6.45) is 6.58. The van der Waals surface area contributed by atoms with Gasteiger partial charge < -0.3 is 4.74 Å². The van der Waals surface area contributed by atoms with Crippen molar-refractivity contribution < 1.29 is 9.30 Å². The second-order valence-electron chi connectivity index (χ2n) is 3.45. The summed E-state index contributed by atoms with van der Waals surface area (Å²) in [6.45, 7) is 7.26. The van der Waals surface area contributed by atoms with Gasteiger partial charge in [0.2, 0.25) is 0 Å². The van der Waals surface area contributed by atoms with Crippen molar-refractivity contribution in [2.24, 2.45) is 0 Å². The third-order valence-electron chi connectivity index (χ3n) is 2.41. The molecule has 0 N–H and O–H groups in total. The quantitative estimate of drug-likeness (QED) is 0.630. The van der Waals surface area contributed by atoms with Crippen LogP contribution in [0.15, 0.2) is 12.4 Å². The summed E-state index contributed by atoms with van der Waals surface area (Å²) in [5, 5.41) is 0. The van der Waals surface area contributed by atoms with E-state index in [4.69, 9.17) is 4.74 Å². The minimum atomic E-state index is 0.786. The molecule has 0 bridgehead atoms. The highest BCUT2D eigenvalue weighted by Crippen LogP contribution is 1.97. The van der Waals surface area contributed by atoms with E-state index < -0.39 is 0 Å². The van der Waals surface area contributed by atoms with Crippen LogP contribution in [0.2, 0.25) is 0 Å². The fourth-order valence-corrected chi connectivity index (χ4v) is 1.74. The summed E-state index contributed by atoms with van der Waals surface area (Å²) in [7, 11) is 1.75. The van der Waals surface area contributed by atoms with Gasteiger partial charge in [-0.25, -0.2) is 9.13 Å². The van der Waals surface area contributed by atoms with Crippen molar-refractivity contribution in [1.82, 2.24) is 4.57 Å². The van der Waals surface area contributed by atoms with E-state index in [9.17, 15) is 0 Å². The largest absolute Gasteiger partial charge is 0.381 e. The van der Waals surface area contributed by atoms with Gasteiger partial charge in [0.15, 0.2) is 0 Å². The average molecular weight is 197 g/mol. The average Bonchev–Trinajstić information content (AvgIpc) is 2.58. The fourth-order valence-electron chi connectivity index (χ4n) is 1.74. The highest BCUT2D eigenvalue weighted by molar-refractivity contribution is 4.82. The van der Waals surface area contributed by atoms with E-state index in [1.807, 2.05) is 0 Å². The maximum absolute atomic E-state index is 5.08. The van der Waals surface area contributed by atoms with Crippen LogP contribution in [0, 0.1) is 0 Å².